The molecule has 1 aromatic carbocycles. The number of carbonyl (C=O) groups excluding carboxylic acids is 5. The van der Waals surface area contributed by atoms with Crippen LogP contribution in [0.25, 0.3) is 0 Å². The topological polar surface area (TPSA) is 199 Å². The molecule has 4 N–H and O–H groups in total. The number of nitrogens with one attached hydrogen (secondary N) is 1. The first-order chi connectivity index (χ1) is 21.3. The zero-order valence-corrected chi connectivity index (χ0v) is 26.1. The second-order valence-corrected chi connectivity index (χ2v) is 12.2. The number of aromatic nitrogens is 3. The van der Waals surface area contributed by atoms with Crippen molar-refractivity contribution in [3.63, 3.8) is 0 Å². The average molecular weight is 624 g/mol. The maximum atomic E-state index is 14.4. The molecule has 2 aromatic rings. The SMILES string of the molecule is COc1ccccc1C(=O)N=C(CC1CCCCC1)C(=O)N1C[C@@H](n2nncc2C(C)(C)O)C[C@H]1C(=O)NC(C)C(=O)C(N)=O. The van der Waals surface area contributed by atoms with Gasteiger partial charge in [-0.1, -0.05) is 49.5 Å². The Bertz CT molecular complexity index is 1470. The van der Waals surface area contributed by atoms with Crippen molar-refractivity contribution in [2.24, 2.45) is 16.6 Å². The molecule has 1 saturated heterocycles. The highest BCUT2D eigenvalue weighted by molar-refractivity contribution is 6.41. The number of aliphatic imine (C=N–C) groups is 1. The van der Waals surface area contributed by atoms with Gasteiger partial charge in [0.25, 0.3) is 17.7 Å². The van der Waals surface area contributed by atoms with Crippen LogP contribution in [-0.4, -0.2) is 85.9 Å². The van der Waals surface area contributed by atoms with E-state index in [9.17, 15) is 29.1 Å². The number of amides is 4. The van der Waals surface area contributed by atoms with Crippen molar-refractivity contribution in [2.75, 3.05) is 13.7 Å². The smallest absolute Gasteiger partial charge is 0.287 e. The number of para-hydroxylation sites is 1. The van der Waals surface area contributed by atoms with Crippen LogP contribution in [0.15, 0.2) is 35.5 Å². The quantitative estimate of drug-likeness (QED) is 0.245. The van der Waals surface area contributed by atoms with Crippen LogP contribution in [0.5, 0.6) is 5.75 Å². The molecule has 0 radical (unpaired) electrons. The summed E-state index contributed by atoms with van der Waals surface area (Å²) in [5.74, 6) is -3.69. The summed E-state index contributed by atoms with van der Waals surface area (Å²) in [4.78, 5) is 70.7. The first-order valence-corrected chi connectivity index (χ1v) is 15.1. The lowest BCUT2D eigenvalue weighted by atomic mass is 9.85. The number of hydrogen-bond donors (Lipinski definition) is 3. The first kappa shape index (κ1) is 33.4. The second kappa shape index (κ2) is 14.1. The zero-order chi connectivity index (χ0) is 32.9. The number of nitrogens with two attached hydrogens (primary N) is 1. The van der Waals surface area contributed by atoms with E-state index in [-0.39, 0.29) is 36.6 Å². The molecule has 14 nitrogen and oxygen atoms in total. The first-order valence-electron chi connectivity index (χ1n) is 15.1. The Labute approximate surface area is 261 Å². The van der Waals surface area contributed by atoms with Crippen molar-refractivity contribution in [1.29, 1.82) is 0 Å². The van der Waals surface area contributed by atoms with Crippen molar-refractivity contribution in [3.05, 3.63) is 41.7 Å². The molecule has 14 heteroatoms. The maximum Gasteiger partial charge on any atom is 0.287 e. The average Bonchev–Trinajstić information content (AvgIpc) is 3.68. The van der Waals surface area contributed by atoms with Crippen LogP contribution in [-0.2, 0) is 24.8 Å². The third-order valence-corrected chi connectivity index (χ3v) is 8.41. The van der Waals surface area contributed by atoms with Gasteiger partial charge in [-0.2, -0.15) is 0 Å². The molecule has 0 bridgehead atoms. The van der Waals surface area contributed by atoms with Gasteiger partial charge in [-0.15, -0.1) is 5.10 Å². The number of hydrogen-bond acceptors (Lipinski definition) is 9. The van der Waals surface area contributed by atoms with E-state index >= 15 is 0 Å². The van der Waals surface area contributed by atoms with Crippen LogP contribution in [0, 0.1) is 5.92 Å². The van der Waals surface area contributed by atoms with Gasteiger partial charge in [0.15, 0.2) is 0 Å². The van der Waals surface area contributed by atoms with Gasteiger partial charge < -0.3 is 25.8 Å². The molecule has 1 saturated carbocycles. The number of rotatable bonds is 11. The Morgan fingerprint density at radius 1 is 1.16 bits per heavy atom. The summed E-state index contributed by atoms with van der Waals surface area (Å²) in [6.07, 6.45) is 6.56. The van der Waals surface area contributed by atoms with E-state index in [0.717, 1.165) is 32.1 Å². The lowest BCUT2D eigenvalue weighted by Gasteiger charge is -2.27. The molecular weight excluding hydrogens is 582 g/mol. The molecular formula is C31H41N7O7. The van der Waals surface area contributed by atoms with Crippen LogP contribution < -0.4 is 15.8 Å². The Balaban J connectivity index is 1.72. The summed E-state index contributed by atoms with van der Waals surface area (Å²) in [5.41, 5.74) is 4.38. The fourth-order valence-electron chi connectivity index (χ4n) is 6.02. The number of carbonyl (C=O) groups is 5. The highest BCUT2D eigenvalue weighted by Gasteiger charge is 2.44. The van der Waals surface area contributed by atoms with Crippen molar-refractivity contribution in [3.8, 4) is 5.75 Å². The number of benzene rings is 1. The van der Waals surface area contributed by atoms with Crippen molar-refractivity contribution in [1.82, 2.24) is 25.2 Å². The third kappa shape index (κ3) is 7.80. The van der Waals surface area contributed by atoms with E-state index in [4.69, 9.17) is 10.5 Å². The van der Waals surface area contributed by atoms with Gasteiger partial charge in [0.1, 0.15) is 23.1 Å². The van der Waals surface area contributed by atoms with Crippen LogP contribution in [0.3, 0.4) is 0 Å². The Morgan fingerprint density at radius 3 is 2.49 bits per heavy atom. The summed E-state index contributed by atoms with van der Waals surface area (Å²) in [7, 11) is 1.44. The summed E-state index contributed by atoms with van der Waals surface area (Å²) in [6, 6.07) is 3.65. The number of aliphatic hydroxyl groups is 1. The Hall–Kier alpha value is -4.46. The fourth-order valence-corrected chi connectivity index (χ4v) is 6.02. The molecule has 4 rings (SSSR count). The molecule has 1 unspecified atom stereocenters. The summed E-state index contributed by atoms with van der Waals surface area (Å²) >= 11 is 0. The predicted molar refractivity (Wildman–Crippen MR) is 162 cm³/mol. The second-order valence-electron chi connectivity index (χ2n) is 12.2. The predicted octanol–water partition coefficient (Wildman–Crippen LogP) is 1.47. The number of ketones is 1. The van der Waals surface area contributed by atoms with Crippen LogP contribution in [0.1, 0.15) is 87.8 Å². The minimum atomic E-state index is -1.32. The normalized spacial score (nSPS) is 20.0. The fraction of sp³-hybridized carbons (Fsp3) is 0.548. The highest BCUT2D eigenvalue weighted by Crippen LogP contribution is 2.33. The van der Waals surface area contributed by atoms with Gasteiger partial charge in [-0.05, 0) is 45.2 Å². The van der Waals surface area contributed by atoms with Gasteiger partial charge in [-0.3, -0.25) is 24.0 Å². The zero-order valence-electron chi connectivity index (χ0n) is 26.1. The standard InChI is InChI=1S/C31H41N7O7/c1-18(26(39)27(32)40)34-29(42)23-15-20(38-25(16-33-36-38)31(2,3)44)17-37(23)30(43)22(14-19-10-6-5-7-11-19)35-28(41)21-12-8-9-13-24(21)45-4/h8-9,12-13,16,18-20,23,44H,5-7,10-11,14-15,17H2,1-4H3,(H2,32,40)(H,34,42)/t18?,20-,23-/m0/s1. The number of methoxy groups -OCH3 is 1. The van der Waals surface area contributed by atoms with Gasteiger partial charge in [0.05, 0.1) is 36.6 Å². The molecule has 1 aliphatic carbocycles. The van der Waals surface area contributed by atoms with Crippen LogP contribution in [0.4, 0.5) is 0 Å². The number of ether oxygens (including phenoxy) is 1. The lowest BCUT2D eigenvalue weighted by Crippen LogP contribution is -2.52. The van der Waals surface area contributed by atoms with E-state index < -0.39 is 53.1 Å². The van der Waals surface area contributed by atoms with Gasteiger partial charge >= 0.3 is 0 Å². The van der Waals surface area contributed by atoms with Crippen molar-refractivity contribution in [2.45, 2.75) is 89.4 Å². The monoisotopic (exact) mass is 623 g/mol. The van der Waals surface area contributed by atoms with Gasteiger partial charge in [0.2, 0.25) is 11.7 Å². The maximum absolute atomic E-state index is 14.4. The molecule has 0 spiro atoms. The largest absolute Gasteiger partial charge is 0.496 e. The summed E-state index contributed by atoms with van der Waals surface area (Å²) in [5, 5.41) is 21.3. The van der Waals surface area contributed by atoms with Gasteiger partial charge in [-0.25, -0.2) is 9.67 Å². The van der Waals surface area contributed by atoms with Gasteiger partial charge in [0, 0.05) is 13.0 Å². The van der Waals surface area contributed by atoms with Crippen molar-refractivity contribution < 1.29 is 33.8 Å². The van der Waals surface area contributed by atoms with E-state index in [1.54, 1.807) is 38.1 Å². The Morgan fingerprint density at radius 2 is 1.84 bits per heavy atom. The number of Topliss-reactive ketones (excluding diaryl/α,β-unsaturated/α-hetero) is 1. The number of primary amides is 1. The molecule has 2 aliphatic rings. The molecule has 242 valence electrons. The summed E-state index contributed by atoms with van der Waals surface area (Å²) in [6.45, 7) is 4.45. The third-order valence-electron chi connectivity index (χ3n) is 8.41. The molecule has 3 atom stereocenters. The van der Waals surface area contributed by atoms with E-state index in [0.29, 0.717) is 11.4 Å². The minimum Gasteiger partial charge on any atom is -0.496 e. The molecule has 4 amide bonds. The minimum absolute atomic E-state index is 0.0128. The highest BCUT2D eigenvalue weighted by atomic mass is 16.5. The van der Waals surface area contributed by atoms with E-state index in [1.807, 2.05) is 0 Å². The number of likely N-dealkylation sites (tertiary alicyclic amines) is 1. The molecule has 1 aliphatic heterocycles. The molecule has 2 fully saturated rings. The summed E-state index contributed by atoms with van der Waals surface area (Å²) < 4.78 is 6.81. The number of nitrogens with zero attached hydrogens (tertiary/aromatic N) is 5. The molecule has 1 aromatic heterocycles. The van der Waals surface area contributed by atoms with Crippen LogP contribution >= 0.6 is 0 Å². The van der Waals surface area contributed by atoms with E-state index in [1.165, 1.54) is 29.8 Å². The molecule has 2 heterocycles. The van der Waals surface area contributed by atoms with Crippen molar-refractivity contribution >= 4 is 35.1 Å². The lowest BCUT2D eigenvalue weighted by molar-refractivity contribution is -0.139. The Kier molecular flexibility index (Phi) is 10.5. The molecule has 45 heavy (non-hydrogen) atoms. The van der Waals surface area contributed by atoms with E-state index in [2.05, 4.69) is 20.6 Å². The van der Waals surface area contributed by atoms with Crippen LogP contribution in [0.2, 0.25) is 0 Å².